The second-order valence-corrected chi connectivity index (χ2v) is 13.2. The third kappa shape index (κ3) is 5.00. The van der Waals surface area contributed by atoms with E-state index in [0.29, 0.717) is 18.3 Å². The number of amides is 2. The predicted octanol–water partition coefficient (Wildman–Crippen LogP) is 7.25. The van der Waals surface area contributed by atoms with Crippen molar-refractivity contribution in [3.63, 3.8) is 0 Å². The van der Waals surface area contributed by atoms with Gasteiger partial charge in [-0.25, -0.2) is 9.97 Å². The largest absolute Gasteiger partial charge is 0.340 e. The molecule has 0 radical (unpaired) electrons. The summed E-state index contributed by atoms with van der Waals surface area (Å²) in [6.07, 6.45) is 5.54. The smallest absolute Gasteiger partial charge is 0.230 e. The minimum absolute atomic E-state index is 0.0179. The molecule has 5 unspecified atom stereocenters. The van der Waals surface area contributed by atoms with Crippen LogP contribution >= 0.6 is 0 Å². The maximum atomic E-state index is 13.5. The lowest BCUT2D eigenvalue weighted by Crippen LogP contribution is -2.34. The molecule has 1 saturated carbocycles. The summed E-state index contributed by atoms with van der Waals surface area (Å²) in [6.45, 7) is 5.52. The molecule has 2 aliphatic heterocycles. The molecule has 5 atom stereocenters. The Hall–Kier alpha value is -4.46. The van der Waals surface area contributed by atoms with Gasteiger partial charge >= 0.3 is 0 Å². The van der Waals surface area contributed by atoms with Crippen molar-refractivity contribution >= 4 is 33.9 Å². The first-order valence-electron chi connectivity index (χ1n) is 16.6. The van der Waals surface area contributed by atoms with Gasteiger partial charge in [0.15, 0.2) is 0 Å². The number of carbonyl (C=O) groups excluding carboxylic acids is 2. The van der Waals surface area contributed by atoms with E-state index in [4.69, 9.17) is 9.97 Å². The number of hydrogen-bond acceptors (Lipinski definition) is 4. The van der Waals surface area contributed by atoms with Crippen molar-refractivity contribution in [2.24, 2.45) is 0 Å². The Morgan fingerprint density at radius 3 is 1.93 bits per heavy atom. The van der Waals surface area contributed by atoms with Crippen molar-refractivity contribution in [3.05, 3.63) is 95.1 Å². The van der Waals surface area contributed by atoms with Crippen LogP contribution in [-0.4, -0.2) is 54.6 Å². The molecular weight excluding hydrogens is 560 g/mol. The van der Waals surface area contributed by atoms with Gasteiger partial charge in [-0.2, -0.15) is 0 Å². The van der Waals surface area contributed by atoms with E-state index >= 15 is 0 Å². The number of likely N-dealkylation sites (tertiary alicyclic amines) is 2. The summed E-state index contributed by atoms with van der Waals surface area (Å²) in [7, 11) is 0. The average molecular weight is 601 g/mol. The maximum absolute atomic E-state index is 13.5. The number of benzene rings is 3. The van der Waals surface area contributed by atoms with Crippen molar-refractivity contribution in [2.45, 2.75) is 82.2 Å². The highest BCUT2D eigenvalue weighted by Crippen LogP contribution is 2.55. The van der Waals surface area contributed by atoms with Crippen molar-refractivity contribution in [3.8, 4) is 0 Å². The molecule has 2 amide bonds. The number of nitrogens with zero attached hydrogens (tertiary/aromatic N) is 4. The number of carbonyl (C=O) groups is 2. The molecule has 4 heterocycles. The zero-order valence-corrected chi connectivity index (χ0v) is 26.0. The van der Waals surface area contributed by atoms with Crippen LogP contribution in [0.2, 0.25) is 0 Å². The number of nitrogens with one attached hydrogen (secondary N) is 2. The SMILES string of the molecule is CCC(=O)N1CCCC1c1nc2ccc(C3CC3c3ccc4nc(C5CCCN5C(=O)C(C)c5ccccc5)[nH]c4c3)cc2[nH]1. The molecular formula is C37H40N6O2. The number of fused-ring (bicyclic) bond motifs is 2. The van der Waals surface area contributed by atoms with Crippen LogP contribution in [0.25, 0.3) is 22.1 Å². The quantitative estimate of drug-likeness (QED) is 0.206. The van der Waals surface area contributed by atoms with Crippen LogP contribution < -0.4 is 0 Å². The molecule has 5 aromatic rings. The van der Waals surface area contributed by atoms with Gasteiger partial charge in [-0.15, -0.1) is 0 Å². The summed E-state index contributed by atoms with van der Waals surface area (Å²) in [5.41, 5.74) is 7.71. The monoisotopic (exact) mass is 600 g/mol. The third-order valence-electron chi connectivity index (χ3n) is 10.4. The summed E-state index contributed by atoms with van der Waals surface area (Å²) in [5.74, 6) is 2.92. The second-order valence-electron chi connectivity index (χ2n) is 13.2. The van der Waals surface area contributed by atoms with Gasteiger partial charge in [-0.1, -0.05) is 49.4 Å². The average Bonchev–Trinajstić information content (AvgIpc) is 3.55. The number of rotatable bonds is 7. The van der Waals surface area contributed by atoms with Crippen LogP contribution in [0, 0.1) is 0 Å². The van der Waals surface area contributed by atoms with E-state index in [9.17, 15) is 9.59 Å². The van der Waals surface area contributed by atoms with Crippen molar-refractivity contribution in [1.82, 2.24) is 29.7 Å². The zero-order chi connectivity index (χ0) is 30.7. The molecule has 230 valence electrons. The number of H-pyrrole nitrogens is 2. The Morgan fingerprint density at radius 2 is 1.36 bits per heavy atom. The second kappa shape index (κ2) is 11.2. The Labute approximate surface area is 263 Å². The normalized spacial score (nSPS) is 23.7. The first kappa shape index (κ1) is 28.0. The predicted molar refractivity (Wildman–Crippen MR) is 175 cm³/mol. The van der Waals surface area contributed by atoms with E-state index in [1.807, 2.05) is 54.0 Å². The summed E-state index contributed by atoms with van der Waals surface area (Å²) >= 11 is 0. The molecule has 3 fully saturated rings. The molecule has 0 bridgehead atoms. The molecule has 8 nitrogen and oxygen atoms in total. The molecule has 8 rings (SSSR count). The van der Waals surface area contributed by atoms with Gasteiger partial charge in [0.1, 0.15) is 11.6 Å². The lowest BCUT2D eigenvalue weighted by molar-refractivity contribution is -0.133. The summed E-state index contributed by atoms with van der Waals surface area (Å²) in [5, 5.41) is 0. The van der Waals surface area contributed by atoms with Gasteiger partial charge in [0, 0.05) is 19.5 Å². The topological polar surface area (TPSA) is 98.0 Å². The van der Waals surface area contributed by atoms with E-state index in [2.05, 4.69) is 46.4 Å². The highest BCUT2D eigenvalue weighted by molar-refractivity contribution is 5.84. The summed E-state index contributed by atoms with van der Waals surface area (Å²) < 4.78 is 0. The molecule has 1 aliphatic carbocycles. The first-order valence-corrected chi connectivity index (χ1v) is 16.6. The number of aromatic nitrogens is 4. The Kier molecular flexibility index (Phi) is 6.96. The van der Waals surface area contributed by atoms with Crippen LogP contribution in [-0.2, 0) is 9.59 Å². The summed E-state index contributed by atoms with van der Waals surface area (Å²) in [4.78, 5) is 47.0. The van der Waals surface area contributed by atoms with Gasteiger partial charge in [0.05, 0.1) is 40.1 Å². The number of hydrogen-bond donors (Lipinski definition) is 2. The van der Waals surface area contributed by atoms with Crippen LogP contribution in [0.3, 0.4) is 0 Å². The van der Waals surface area contributed by atoms with E-state index < -0.39 is 0 Å². The lowest BCUT2D eigenvalue weighted by atomic mass is 9.99. The minimum Gasteiger partial charge on any atom is -0.340 e. The Balaban J connectivity index is 0.988. The Morgan fingerprint density at radius 1 is 0.800 bits per heavy atom. The van der Waals surface area contributed by atoms with Crippen LogP contribution in [0.1, 0.15) is 111 Å². The first-order chi connectivity index (χ1) is 22.0. The molecule has 2 aromatic heterocycles. The van der Waals surface area contributed by atoms with Crippen LogP contribution in [0.4, 0.5) is 0 Å². The minimum atomic E-state index is -0.176. The van der Waals surface area contributed by atoms with E-state index in [1.165, 1.54) is 11.1 Å². The van der Waals surface area contributed by atoms with E-state index in [0.717, 1.165) is 84.5 Å². The van der Waals surface area contributed by atoms with Gasteiger partial charge in [0.25, 0.3) is 0 Å². The lowest BCUT2D eigenvalue weighted by Gasteiger charge is -2.26. The van der Waals surface area contributed by atoms with Crippen molar-refractivity contribution in [1.29, 1.82) is 0 Å². The molecule has 8 heteroatoms. The highest BCUT2D eigenvalue weighted by Gasteiger charge is 2.40. The van der Waals surface area contributed by atoms with Gasteiger partial charge in [0.2, 0.25) is 11.8 Å². The third-order valence-corrected chi connectivity index (χ3v) is 10.4. The van der Waals surface area contributed by atoms with Crippen molar-refractivity contribution in [2.75, 3.05) is 13.1 Å². The molecule has 3 aliphatic rings. The molecule has 2 saturated heterocycles. The van der Waals surface area contributed by atoms with Crippen molar-refractivity contribution < 1.29 is 9.59 Å². The summed E-state index contributed by atoms with van der Waals surface area (Å²) in [6, 6.07) is 23.3. The fourth-order valence-electron chi connectivity index (χ4n) is 7.80. The maximum Gasteiger partial charge on any atom is 0.230 e. The standard InChI is InChI=1S/C37H40N6O2/c1-3-34(44)42-17-7-11-32(42)35-38-28-15-13-24(19-30(28)40-35)26-21-27(26)25-14-16-29-31(20-25)41-36(39-29)33-12-8-18-43(33)37(45)22(2)23-9-5-4-6-10-23/h4-6,9-10,13-16,19-20,22,26-27,32-33H,3,7-8,11-12,17-18,21H2,1-2H3,(H,38,40)(H,39,41). The van der Waals surface area contributed by atoms with Crippen LogP contribution in [0.15, 0.2) is 66.7 Å². The van der Waals surface area contributed by atoms with Gasteiger partial charge in [-0.3, -0.25) is 9.59 Å². The highest BCUT2D eigenvalue weighted by atomic mass is 16.2. The van der Waals surface area contributed by atoms with Crippen LogP contribution in [0.5, 0.6) is 0 Å². The fourth-order valence-corrected chi connectivity index (χ4v) is 7.80. The number of imidazole rings is 2. The molecule has 3 aromatic carbocycles. The van der Waals surface area contributed by atoms with Gasteiger partial charge in [-0.05, 0) is 91.8 Å². The van der Waals surface area contributed by atoms with E-state index in [-0.39, 0.29) is 29.8 Å². The molecule has 2 N–H and O–H groups in total. The molecule has 0 spiro atoms. The Bertz CT molecular complexity index is 1890. The number of aromatic amines is 2. The molecule has 45 heavy (non-hydrogen) atoms. The zero-order valence-electron chi connectivity index (χ0n) is 26.0. The van der Waals surface area contributed by atoms with Gasteiger partial charge < -0.3 is 19.8 Å². The van der Waals surface area contributed by atoms with E-state index in [1.54, 1.807) is 0 Å². The fraction of sp³-hybridized carbons (Fsp3) is 0.405.